The quantitative estimate of drug-likeness (QED) is 0.755. The molecule has 1 aliphatic heterocycles. The average Bonchev–Trinajstić information content (AvgIpc) is 2.37. The molecular weight excluding hydrogens is 279 g/mol. The summed E-state index contributed by atoms with van der Waals surface area (Å²) in [5.41, 5.74) is -0.699. The lowest BCUT2D eigenvalue weighted by Gasteiger charge is -2.48. The molecule has 0 amide bonds. The number of halogens is 3. The SMILES string of the molecule is CC(C)[N+]1(C)CCOC(C)(c2cccc(C(F)(F)F)c2)C1. The van der Waals surface area contributed by atoms with E-state index in [0.29, 0.717) is 24.8 Å². The molecule has 1 aromatic carbocycles. The van der Waals surface area contributed by atoms with Crippen LogP contribution in [0.15, 0.2) is 24.3 Å². The van der Waals surface area contributed by atoms with Crippen molar-refractivity contribution in [3.63, 3.8) is 0 Å². The lowest BCUT2D eigenvalue weighted by atomic mass is 9.90. The van der Waals surface area contributed by atoms with E-state index >= 15 is 0 Å². The van der Waals surface area contributed by atoms with E-state index in [-0.39, 0.29) is 0 Å². The molecule has 2 nitrogen and oxygen atoms in total. The van der Waals surface area contributed by atoms with E-state index in [1.807, 2.05) is 6.92 Å². The standard InChI is InChI=1S/C16H23F3NO/c1-12(2)20(4)8-9-21-15(3,11-20)13-6-5-7-14(10-13)16(17,18)19/h5-7,10,12H,8-9,11H2,1-4H3/q+1. The molecule has 118 valence electrons. The van der Waals surface area contributed by atoms with Gasteiger partial charge in [-0.05, 0) is 38.5 Å². The van der Waals surface area contributed by atoms with Crippen LogP contribution in [0, 0.1) is 0 Å². The van der Waals surface area contributed by atoms with E-state index in [0.717, 1.165) is 17.1 Å². The van der Waals surface area contributed by atoms with Crippen molar-refractivity contribution in [1.29, 1.82) is 0 Å². The monoisotopic (exact) mass is 302 g/mol. The molecule has 21 heavy (non-hydrogen) atoms. The van der Waals surface area contributed by atoms with Crippen LogP contribution in [0.4, 0.5) is 13.2 Å². The smallest absolute Gasteiger partial charge is 0.359 e. The number of rotatable bonds is 2. The molecule has 2 rings (SSSR count). The van der Waals surface area contributed by atoms with Crippen LogP contribution in [0.1, 0.15) is 31.9 Å². The van der Waals surface area contributed by atoms with Gasteiger partial charge >= 0.3 is 6.18 Å². The third-order valence-corrected chi connectivity index (χ3v) is 4.73. The first-order chi connectivity index (χ1) is 9.57. The summed E-state index contributed by atoms with van der Waals surface area (Å²) in [5, 5.41) is 0. The predicted octanol–water partition coefficient (Wildman–Crippen LogP) is 3.81. The number of likely N-dealkylation sites (N-methyl/N-ethyl adjacent to an activating group) is 1. The molecular formula is C16H23F3NO+. The van der Waals surface area contributed by atoms with Crippen molar-refractivity contribution in [2.24, 2.45) is 0 Å². The molecule has 1 heterocycles. The van der Waals surface area contributed by atoms with Gasteiger partial charge in [0.25, 0.3) is 0 Å². The first kappa shape index (κ1) is 16.3. The Balaban J connectivity index is 2.36. The fraction of sp³-hybridized carbons (Fsp3) is 0.625. The minimum Gasteiger partial charge on any atom is -0.359 e. The fourth-order valence-electron chi connectivity index (χ4n) is 2.93. The zero-order valence-corrected chi connectivity index (χ0v) is 13.0. The Labute approximate surface area is 124 Å². The van der Waals surface area contributed by atoms with Crippen LogP contribution in [-0.2, 0) is 16.5 Å². The number of benzene rings is 1. The molecule has 0 radical (unpaired) electrons. The van der Waals surface area contributed by atoms with Crippen LogP contribution in [0.25, 0.3) is 0 Å². The van der Waals surface area contributed by atoms with Crippen molar-refractivity contribution in [1.82, 2.24) is 0 Å². The highest BCUT2D eigenvalue weighted by atomic mass is 19.4. The van der Waals surface area contributed by atoms with E-state index in [1.165, 1.54) is 12.1 Å². The Kier molecular flexibility index (Phi) is 4.10. The number of quaternary nitrogens is 1. The lowest BCUT2D eigenvalue weighted by Crippen LogP contribution is -2.61. The molecule has 0 N–H and O–H groups in total. The van der Waals surface area contributed by atoms with Gasteiger partial charge in [-0.2, -0.15) is 13.2 Å². The van der Waals surface area contributed by atoms with Gasteiger partial charge in [0.1, 0.15) is 18.7 Å². The first-order valence-corrected chi connectivity index (χ1v) is 7.23. The van der Waals surface area contributed by atoms with E-state index in [2.05, 4.69) is 20.9 Å². The second-order valence-electron chi connectivity index (χ2n) is 6.61. The number of hydrogen-bond donors (Lipinski definition) is 0. The maximum atomic E-state index is 12.9. The summed E-state index contributed by atoms with van der Waals surface area (Å²) in [7, 11) is 2.14. The average molecular weight is 302 g/mol. The Morgan fingerprint density at radius 3 is 2.52 bits per heavy atom. The highest BCUT2D eigenvalue weighted by molar-refractivity contribution is 5.30. The molecule has 1 aliphatic rings. The van der Waals surface area contributed by atoms with Gasteiger partial charge in [0.2, 0.25) is 0 Å². The second-order valence-corrected chi connectivity index (χ2v) is 6.61. The highest BCUT2D eigenvalue weighted by Crippen LogP contribution is 2.36. The van der Waals surface area contributed by atoms with Gasteiger partial charge in [0.15, 0.2) is 0 Å². The Hall–Kier alpha value is -1.07. The number of alkyl halides is 3. The van der Waals surface area contributed by atoms with Gasteiger partial charge in [-0.1, -0.05) is 12.1 Å². The molecule has 1 aromatic rings. The van der Waals surface area contributed by atoms with Gasteiger partial charge in [-0.3, -0.25) is 0 Å². The van der Waals surface area contributed by atoms with E-state index in [9.17, 15) is 13.2 Å². The molecule has 2 unspecified atom stereocenters. The molecule has 0 saturated carbocycles. The molecule has 1 fully saturated rings. The van der Waals surface area contributed by atoms with Crippen molar-refractivity contribution in [3.8, 4) is 0 Å². The lowest BCUT2D eigenvalue weighted by molar-refractivity contribution is -0.944. The van der Waals surface area contributed by atoms with Crippen LogP contribution < -0.4 is 0 Å². The largest absolute Gasteiger partial charge is 0.416 e. The molecule has 0 aliphatic carbocycles. The Bertz CT molecular complexity index is 514. The van der Waals surface area contributed by atoms with Crippen LogP contribution in [0.3, 0.4) is 0 Å². The minimum atomic E-state index is -4.32. The van der Waals surface area contributed by atoms with Crippen LogP contribution in [0.5, 0.6) is 0 Å². The molecule has 0 aromatic heterocycles. The summed E-state index contributed by atoms with van der Waals surface area (Å²) in [5.74, 6) is 0. The maximum absolute atomic E-state index is 12.9. The first-order valence-electron chi connectivity index (χ1n) is 7.23. The van der Waals surface area contributed by atoms with Gasteiger partial charge in [-0.25, -0.2) is 0 Å². The molecule has 2 atom stereocenters. The van der Waals surface area contributed by atoms with Crippen LogP contribution in [-0.4, -0.2) is 37.3 Å². The molecule has 0 bridgehead atoms. The normalized spacial score (nSPS) is 30.7. The van der Waals surface area contributed by atoms with Gasteiger partial charge < -0.3 is 9.22 Å². The zero-order valence-electron chi connectivity index (χ0n) is 13.0. The minimum absolute atomic E-state index is 0.402. The van der Waals surface area contributed by atoms with Crippen molar-refractivity contribution < 1.29 is 22.4 Å². The van der Waals surface area contributed by atoms with Crippen molar-refractivity contribution >= 4 is 0 Å². The van der Waals surface area contributed by atoms with Crippen molar-refractivity contribution in [2.75, 3.05) is 26.7 Å². The summed E-state index contributed by atoms with van der Waals surface area (Å²) < 4.78 is 45.4. The Morgan fingerprint density at radius 2 is 1.95 bits per heavy atom. The summed E-state index contributed by atoms with van der Waals surface area (Å²) >= 11 is 0. The van der Waals surface area contributed by atoms with Gasteiger partial charge in [0.05, 0.1) is 25.3 Å². The number of morpholine rings is 1. The molecule has 0 spiro atoms. The fourth-order valence-corrected chi connectivity index (χ4v) is 2.93. The van der Waals surface area contributed by atoms with Gasteiger partial charge in [0, 0.05) is 0 Å². The van der Waals surface area contributed by atoms with E-state index in [4.69, 9.17) is 4.74 Å². The third kappa shape index (κ3) is 3.24. The summed E-state index contributed by atoms with van der Waals surface area (Å²) in [6.07, 6.45) is -4.32. The van der Waals surface area contributed by atoms with Crippen LogP contribution >= 0.6 is 0 Å². The molecule has 5 heteroatoms. The topological polar surface area (TPSA) is 9.23 Å². The molecule has 1 saturated heterocycles. The predicted molar refractivity (Wildman–Crippen MR) is 75.8 cm³/mol. The van der Waals surface area contributed by atoms with E-state index in [1.54, 1.807) is 6.07 Å². The summed E-state index contributed by atoms with van der Waals surface area (Å²) in [6, 6.07) is 5.91. The maximum Gasteiger partial charge on any atom is 0.416 e. The Morgan fingerprint density at radius 1 is 1.29 bits per heavy atom. The summed E-state index contributed by atoms with van der Waals surface area (Å²) in [6.45, 7) is 8.27. The highest BCUT2D eigenvalue weighted by Gasteiger charge is 2.44. The second kappa shape index (κ2) is 5.29. The third-order valence-electron chi connectivity index (χ3n) is 4.73. The van der Waals surface area contributed by atoms with Gasteiger partial charge in [-0.15, -0.1) is 0 Å². The number of hydrogen-bond acceptors (Lipinski definition) is 1. The van der Waals surface area contributed by atoms with Crippen LogP contribution in [0.2, 0.25) is 0 Å². The van der Waals surface area contributed by atoms with Crippen molar-refractivity contribution in [2.45, 2.75) is 38.6 Å². The zero-order chi connectivity index (χ0) is 15.9. The van der Waals surface area contributed by atoms with Crippen molar-refractivity contribution in [3.05, 3.63) is 35.4 Å². The number of nitrogens with zero attached hydrogens (tertiary/aromatic N) is 1. The van der Waals surface area contributed by atoms with E-state index < -0.39 is 17.3 Å². The number of ether oxygens (including phenoxy) is 1. The summed E-state index contributed by atoms with van der Waals surface area (Å²) in [4.78, 5) is 0.